The average Bonchev–Trinajstić information content (AvgIpc) is 2.83. The standard InChI is InChI=1S/C29H28N2O5/c1-5-35-26-16-21(10-12-25(26)36-17-22-8-6-7-18(2)14-22)15-23-27(32)30-29(34)31(28(23)33)24-11-9-19(3)13-20(24)4/h6-16H,5,17H2,1-4H3,(H,30,32,34)/b23-15+. The molecule has 1 N–H and O–H groups in total. The van der Waals surface area contributed by atoms with Crippen LogP contribution >= 0.6 is 0 Å². The highest BCUT2D eigenvalue weighted by Crippen LogP contribution is 2.31. The molecule has 7 nitrogen and oxygen atoms in total. The van der Waals surface area contributed by atoms with Gasteiger partial charge in [0.05, 0.1) is 12.3 Å². The first kappa shape index (κ1) is 24.7. The summed E-state index contributed by atoms with van der Waals surface area (Å²) in [6.07, 6.45) is 1.45. The van der Waals surface area contributed by atoms with Gasteiger partial charge in [-0.25, -0.2) is 9.69 Å². The number of hydrogen-bond acceptors (Lipinski definition) is 5. The monoisotopic (exact) mass is 484 g/mol. The number of amides is 4. The third-order valence-electron chi connectivity index (χ3n) is 5.75. The molecule has 1 aliphatic rings. The first-order valence-electron chi connectivity index (χ1n) is 11.7. The maximum atomic E-state index is 13.3. The summed E-state index contributed by atoms with van der Waals surface area (Å²) in [5.41, 5.74) is 4.77. The molecule has 0 aromatic heterocycles. The van der Waals surface area contributed by atoms with Crippen LogP contribution in [0.15, 0.2) is 66.2 Å². The highest BCUT2D eigenvalue weighted by atomic mass is 16.5. The Morgan fingerprint density at radius 3 is 2.36 bits per heavy atom. The van der Waals surface area contributed by atoms with Crippen LogP contribution in [0.4, 0.5) is 10.5 Å². The van der Waals surface area contributed by atoms with Gasteiger partial charge in [-0.1, -0.05) is 53.6 Å². The molecular weight excluding hydrogens is 456 g/mol. The Labute approximate surface area is 210 Å². The first-order chi connectivity index (χ1) is 17.3. The van der Waals surface area contributed by atoms with Gasteiger partial charge in [-0.3, -0.25) is 14.9 Å². The van der Waals surface area contributed by atoms with Crippen LogP contribution in [0.3, 0.4) is 0 Å². The van der Waals surface area contributed by atoms with Gasteiger partial charge in [0, 0.05) is 0 Å². The van der Waals surface area contributed by atoms with Crippen LogP contribution in [-0.2, 0) is 16.2 Å². The molecule has 0 bridgehead atoms. The van der Waals surface area contributed by atoms with Crippen LogP contribution in [0.2, 0.25) is 0 Å². The van der Waals surface area contributed by atoms with Crippen molar-refractivity contribution in [2.45, 2.75) is 34.3 Å². The summed E-state index contributed by atoms with van der Waals surface area (Å²) in [6, 6.07) is 17.8. The largest absolute Gasteiger partial charge is 0.490 e. The SMILES string of the molecule is CCOc1cc(/C=C2\C(=O)NC(=O)N(c3ccc(C)cc3C)C2=O)ccc1OCc1cccc(C)c1. The van der Waals surface area contributed by atoms with Crippen molar-refractivity contribution in [2.75, 3.05) is 11.5 Å². The molecule has 7 heteroatoms. The number of ether oxygens (including phenoxy) is 2. The second-order valence-electron chi connectivity index (χ2n) is 8.66. The van der Waals surface area contributed by atoms with Gasteiger partial charge in [0.1, 0.15) is 12.2 Å². The fourth-order valence-corrected chi connectivity index (χ4v) is 4.06. The van der Waals surface area contributed by atoms with Crippen LogP contribution in [-0.4, -0.2) is 24.5 Å². The molecule has 4 amide bonds. The Morgan fingerprint density at radius 1 is 0.861 bits per heavy atom. The van der Waals surface area contributed by atoms with E-state index in [1.54, 1.807) is 24.3 Å². The van der Waals surface area contributed by atoms with E-state index in [9.17, 15) is 14.4 Å². The summed E-state index contributed by atoms with van der Waals surface area (Å²) in [4.78, 5) is 39.4. The van der Waals surface area contributed by atoms with E-state index in [-0.39, 0.29) is 5.57 Å². The number of carbonyl (C=O) groups excluding carboxylic acids is 3. The van der Waals surface area contributed by atoms with E-state index in [4.69, 9.17) is 9.47 Å². The van der Waals surface area contributed by atoms with Crippen molar-refractivity contribution in [3.63, 3.8) is 0 Å². The summed E-state index contributed by atoms with van der Waals surface area (Å²) in [5.74, 6) is -0.394. The van der Waals surface area contributed by atoms with Gasteiger partial charge in [-0.15, -0.1) is 0 Å². The molecule has 1 fully saturated rings. The van der Waals surface area contributed by atoms with Crippen molar-refractivity contribution in [1.29, 1.82) is 0 Å². The van der Waals surface area contributed by atoms with Crippen molar-refractivity contribution in [3.8, 4) is 11.5 Å². The first-order valence-corrected chi connectivity index (χ1v) is 11.7. The maximum absolute atomic E-state index is 13.3. The summed E-state index contributed by atoms with van der Waals surface area (Å²) in [6.45, 7) is 8.40. The summed E-state index contributed by atoms with van der Waals surface area (Å²) < 4.78 is 11.7. The lowest BCUT2D eigenvalue weighted by Gasteiger charge is -2.27. The van der Waals surface area contributed by atoms with Gasteiger partial charge in [0.25, 0.3) is 11.8 Å². The fourth-order valence-electron chi connectivity index (χ4n) is 4.06. The molecule has 36 heavy (non-hydrogen) atoms. The molecule has 3 aromatic carbocycles. The molecule has 1 saturated heterocycles. The minimum Gasteiger partial charge on any atom is -0.490 e. The van der Waals surface area contributed by atoms with E-state index in [0.717, 1.165) is 27.2 Å². The molecule has 0 atom stereocenters. The van der Waals surface area contributed by atoms with Crippen molar-refractivity contribution in [1.82, 2.24) is 5.32 Å². The van der Waals surface area contributed by atoms with E-state index in [1.165, 1.54) is 6.08 Å². The number of anilines is 1. The number of imide groups is 2. The number of nitrogens with zero attached hydrogens (tertiary/aromatic N) is 1. The average molecular weight is 485 g/mol. The van der Waals surface area contributed by atoms with Crippen LogP contribution in [0.25, 0.3) is 6.08 Å². The Balaban J connectivity index is 1.63. The Morgan fingerprint density at radius 2 is 1.64 bits per heavy atom. The predicted molar refractivity (Wildman–Crippen MR) is 138 cm³/mol. The number of aryl methyl sites for hydroxylation is 3. The lowest BCUT2D eigenvalue weighted by atomic mass is 10.0. The summed E-state index contributed by atoms with van der Waals surface area (Å²) >= 11 is 0. The van der Waals surface area contributed by atoms with Crippen molar-refractivity contribution in [2.24, 2.45) is 0 Å². The van der Waals surface area contributed by atoms with Crippen molar-refractivity contribution < 1.29 is 23.9 Å². The van der Waals surface area contributed by atoms with Crippen LogP contribution in [0.1, 0.15) is 34.7 Å². The number of carbonyl (C=O) groups is 3. The summed E-state index contributed by atoms with van der Waals surface area (Å²) in [5, 5.41) is 2.27. The minimum atomic E-state index is -0.774. The normalized spacial score (nSPS) is 14.7. The van der Waals surface area contributed by atoms with Gasteiger partial charge in [0.15, 0.2) is 11.5 Å². The van der Waals surface area contributed by atoms with Gasteiger partial charge < -0.3 is 9.47 Å². The highest BCUT2D eigenvalue weighted by Gasteiger charge is 2.37. The van der Waals surface area contributed by atoms with Gasteiger partial charge in [-0.2, -0.15) is 0 Å². The highest BCUT2D eigenvalue weighted by molar-refractivity contribution is 6.39. The van der Waals surface area contributed by atoms with Gasteiger partial charge in [0.2, 0.25) is 0 Å². The van der Waals surface area contributed by atoms with E-state index < -0.39 is 17.8 Å². The number of barbiturate groups is 1. The lowest BCUT2D eigenvalue weighted by Crippen LogP contribution is -2.54. The molecule has 1 heterocycles. The van der Waals surface area contributed by atoms with E-state index >= 15 is 0 Å². The zero-order chi connectivity index (χ0) is 25.8. The second kappa shape index (κ2) is 10.5. The predicted octanol–water partition coefficient (Wildman–Crippen LogP) is 5.26. The van der Waals surface area contributed by atoms with Gasteiger partial charge >= 0.3 is 6.03 Å². The van der Waals surface area contributed by atoms with Gasteiger partial charge in [-0.05, 0) is 68.7 Å². The van der Waals surface area contributed by atoms with Crippen LogP contribution < -0.4 is 19.7 Å². The molecule has 1 aliphatic heterocycles. The number of nitrogens with one attached hydrogen (secondary N) is 1. The Kier molecular flexibility index (Phi) is 7.20. The molecule has 184 valence electrons. The number of urea groups is 1. The molecule has 3 aromatic rings. The van der Waals surface area contributed by atoms with Crippen molar-refractivity contribution in [3.05, 3.63) is 94.1 Å². The third-order valence-corrected chi connectivity index (χ3v) is 5.75. The van der Waals surface area contributed by atoms with Crippen LogP contribution in [0, 0.1) is 20.8 Å². The fraction of sp³-hybridized carbons (Fsp3) is 0.207. The molecule has 4 rings (SSSR count). The maximum Gasteiger partial charge on any atom is 0.335 e. The smallest absolute Gasteiger partial charge is 0.335 e. The number of hydrogen-bond donors (Lipinski definition) is 1. The Hall–Kier alpha value is -4.39. The molecule has 0 aliphatic carbocycles. The minimum absolute atomic E-state index is 0.148. The zero-order valence-electron chi connectivity index (χ0n) is 20.8. The van der Waals surface area contributed by atoms with E-state index in [2.05, 4.69) is 11.4 Å². The van der Waals surface area contributed by atoms with Crippen molar-refractivity contribution >= 4 is 29.6 Å². The molecule has 0 unspecified atom stereocenters. The lowest BCUT2D eigenvalue weighted by molar-refractivity contribution is -0.122. The zero-order valence-corrected chi connectivity index (χ0v) is 20.8. The Bertz CT molecular complexity index is 1380. The third kappa shape index (κ3) is 5.30. The second-order valence-corrected chi connectivity index (χ2v) is 8.66. The molecule has 0 saturated carbocycles. The molecule has 0 radical (unpaired) electrons. The quantitative estimate of drug-likeness (QED) is 0.365. The topological polar surface area (TPSA) is 84.9 Å². The summed E-state index contributed by atoms with van der Waals surface area (Å²) in [7, 11) is 0. The number of rotatable bonds is 7. The van der Waals surface area contributed by atoms with Crippen LogP contribution in [0.5, 0.6) is 11.5 Å². The van der Waals surface area contributed by atoms with E-state index in [0.29, 0.717) is 36.0 Å². The molecular formula is C29H28N2O5. The number of benzene rings is 3. The molecule has 0 spiro atoms. The van der Waals surface area contributed by atoms with E-state index in [1.807, 2.05) is 58.0 Å².